The lowest BCUT2D eigenvalue weighted by atomic mass is 10.3. The SMILES string of the molecule is Cc1csc(C(C#N)NCCCO)n1. The molecule has 5 heteroatoms. The Morgan fingerprint density at radius 3 is 3.07 bits per heavy atom. The van der Waals surface area contributed by atoms with Crippen molar-refractivity contribution in [2.75, 3.05) is 13.2 Å². The summed E-state index contributed by atoms with van der Waals surface area (Å²) in [6, 6.07) is 1.80. The van der Waals surface area contributed by atoms with Crippen LogP contribution in [0.25, 0.3) is 0 Å². The molecule has 0 radical (unpaired) electrons. The van der Waals surface area contributed by atoms with Gasteiger partial charge in [0.15, 0.2) is 0 Å². The van der Waals surface area contributed by atoms with Crippen molar-refractivity contribution in [2.45, 2.75) is 19.4 Å². The van der Waals surface area contributed by atoms with Crippen LogP contribution < -0.4 is 5.32 Å². The third kappa shape index (κ3) is 3.07. The van der Waals surface area contributed by atoms with Gasteiger partial charge < -0.3 is 5.11 Å². The molecule has 0 saturated carbocycles. The van der Waals surface area contributed by atoms with Crippen molar-refractivity contribution < 1.29 is 5.11 Å². The van der Waals surface area contributed by atoms with E-state index in [0.717, 1.165) is 10.7 Å². The zero-order valence-corrected chi connectivity index (χ0v) is 8.84. The molecule has 0 bridgehead atoms. The summed E-state index contributed by atoms with van der Waals surface area (Å²) in [6.07, 6.45) is 0.655. The van der Waals surface area contributed by atoms with Gasteiger partial charge in [0.25, 0.3) is 0 Å². The Labute approximate surface area is 87.2 Å². The molecular weight excluding hydrogens is 198 g/mol. The smallest absolute Gasteiger partial charge is 0.148 e. The van der Waals surface area contributed by atoms with Crippen molar-refractivity contribution in [1.82, 2.24) is 10.3 Å². The maximum atomic E-state index is 8.88. The molecule has 0 saturated heterocycles. The van der Waals surface area contributed by atoms with Crippen molar-refractivity contribution in [1.29, 1.82) is 5.26 Å². The van der Waals surface area contributed by atoms with Gasteiger partial charge in [0, 0.05) is 17.7 Å². The molecule has 76 valence electrons. The van der Waals surface area contributed by atoms with Crippen molar-refractivity contribution in [3.8, 4) is 6.07 Å². The van der Waals surface area contributed by atoms with Gasteiger partial charge in [0.05, 0.1) is 6.07 Å². The van der Waals surface area contributed by atoms with Gasteiger partial charge in [0.2, 0.25) is 0 Å². The summed E-state index contributed by atoms with van der Waals surface area (Å²) in [5, 5.41) is 23.2. The first-order valence-corrected chi connectivity index (χ1v) is 5.31. The Kier molecular flexibility index (Phi) is 4.53. The Morgan fingerprint density at radius 2 is 2.57 bits per heavy atom. The molecule has 0 spiro atoms. The van der Waals surface area contributed by atoms with Crippen LogP contribution in [0.3, 0.4) is 0 Å². The minimum Gasteiger partial charge on any atom is -0.396 e. The maximum absolute atomic E-state index is 8.88. The van der Waals surface area contributed by atoms with Crippen molar-refractivity contribution in [2.24, 2.45) is 0 Å². The van der Waals surface area contributed by atoms with E-state index in [1.807, 2.05) is 12.3 Å². The number of aromatic nitrogens is 1. The number of nitrogens with zero attached hydrogens (tertiary/aromatic N) is 2. The predicted octanol–water partition coefficient (Wildman–Crippen LogP) is 0.988. The third-order valence-corrected chi connectivity index (χ3v) is 2.72. The van der Waals surface area contributed by atoms with Crippen LogP contribution in [0.1, 0.15) is 23.2 Å². The van der Waals surface area contributed by atoms with Gasteiger partial charge in [0.1, 0.15) is 11.0 Å². The summed E-state index contributed by atoms with van der Waals surface area (Å²) in [7, 11) is 0. The molecule has 14 heavy (non-hydrogen) atoms. The molecule has 0 aliphatic carbocycles. The summed E-state index contributed by atoms with van der Waals surface area (Å²) >= 11 is 1.48. The van der Waals surface area contributed by atoms with E-state index in [1.165, 1.54) is 11.3 Å². The summed E-state index contributed by atoms with van der Waals surface area (Å²) in [4.78, 5) is 4.23. The Balaban J connectivity index is 2.51. The second-order valence-corrected chi connectivity index (χ2v) is 3.81. The Bertz CT molecular complexity index is 318. The quantitative estimate of drug-likeness (QED) is 0.713. The van der Waals surface area contributed by atoms with Crippen LogP contribution in [-0.2, 0) is 0 Å². The Morgan fingerprint density at radius 1 is 1.79 bits per heavy atom. The highest BCUT2D eigenvalue weighted by molar-refractivity contribution is 7.09. The number of nitriles is 1. The number of nitrogens with one attached hydrogen (secondary N) is 1. The summed E-state index contributed by atoms with van der Waals surface area (Å²) in [6.45, 7) is 2.68. The van der Waals surface area contributed by atoms with Gasteiger partial charge in [-0.3, -0.25) is 5.32 Å². The van der Waals surface area contributed by atoms with E-state index in [0.29, 0.717) is 13.0 Å². The van der Waals surface area contributed by atoms with Crippen molar-refractivity contribution in [3.05, 3.63) is 16.1 Å². The van der Waals surface area contributed by atoms with E-state index < -0.39 is 0 Å². The molecule has 0 amide bonds. The minimum atomic E-state index is -0.347. The van der Waals surface area contributed by atoms with Gasteiger partial charge >= 0.3 is 0 Å². The Hall–Kier alpha value is -0.960. The number of hydrogen-bond acceptors (Lipinski definition) is 5. The van der Waals surface area contributed by atoms with Crippen LogP contribution in [0.4, 0.5) is 0 Å². The number of aliphatic hydroxyl groups is 1. The first-order valence-electron chi connectivity index (χ1n) is 4.44. The number of thiazole rings is 1. The topological polar surface area (TPSA) is 68.9 Å². The average Bonchev–Trinajstić information content (AvgIpc) is 2.60. The number of aryl methyl sites for hydroxylation is 1. The van der Waals surface area contributed by atoms with Crippen LogP contribution in [-0.4, -0.2) is 23.2 Å². The summed E-state index contributed by atoms with van der Waals surface area (Å²) < 4.78 is 0. The van der Waals surface area contributed by atoms with E-state index in [1.54, 1.807) is 0 Å². The maximum Gasteiger partial charge on any atom is 0.148 e. The van der Waals surface area contributed by atoms with E-state index in [2.05, 4.69) is 16.4 Å². The lowest BCUT2D eigenvalue weighted by Gasteiger charge is -2.06. The molecule has 0 aliphatic heterocycles. The normalized spacial score (nSPS) is 12.4. The molecule has 1 heterocycles. The second kappa shape index (κ2) is 5.70. The van der Waals surface area contributed by atoms with Crippen LogP contribution in [0, 0.1) is 18.3 Å². The van der Waals surface area contributed by atoms with Gasteiger partial charge in [-0.2, -0.15) is 5.26 Å². The summed E-state index contributed by atoms with van der Waals surface area (Å²) in [5.41, 5.74) is 0.939. The largest absolute Gasteiger partial charge is 0.396 e. The molecule has 0 aromatic carbocycles. The second-order valence-electron chi connectivity index (χ2n) is 2.92. The highest BCUT2D eigenvalue weighted by atomic mass is 32.1. The zero-order valence-electron chi connectivity index (χ0n) is 8.03. The van der Waals surface area contributed by atoms with Crippen LogP contribution in [0.15, 0.2) is 5.38 Å². The van der Waals surface area contributed by atoms with Crippen LogP contribution >= 0.6 is 11.3 Å². The molecule has 2 N–H and O–H groups in total. The fraction of sp³-hybridized carbons (Fsp3) is 0.556. The molecular formula is C9H13N3OS. The standard InChI is InChI=1S/C9H13N3OS/c1-7-6-14-9(12-7)8(5-10)11-3-2-4-13/h6,8,11,13H,2-4H2,1H3. The number of rotatable bonds is 5. The lowest BCUT2D eigenvalue weighted by molar-refractivity contribution is 0.285. The predicted molar refractivity (Wildman–Crippen MR) is 54.9 cm³/mol. The molecule has 1 rings (SSSR count). The van der Waals surface area contributed by atoms with Gasteiger partial charge in [-0.05, 0) is 19.9 Å². The van der Waals surface area contributed by atoms with E-state index in [-0.39, 0.29) is 12.6 Å². The van der Waals surface area contributed by atoms with Crippen LogP contribution in [0.5, 0.6) is 0 Å². The van der Waals surface area contributed by atoms with Crippen molar-refractivity contribution in [3.63, 3.8) is 0 Å². The fourth-order valence-corrected chi connectivity index (χ4v) is 1.83. The molecule has 1 unspecified atom stereocenters. The van der Waals surface area contributed by atoms with E-state index in [4.69, 9.17) is 10.4 Å². The summed E-state index contributed by atoms with van der Waals surface area (Å²) in [5.74, 6) is 0. The lowest BCUT2D eigenvalue weighted by Crippen LogP contribution is -2.21. The zero-order chi connectivity index (χ0) is 10.4. The molecule has 1 aromatic heterocycles. The van der Waals surface area contributed by atoms with Gasteiger partial charge in [-0.1, -0.05) is 0 Å². The molecule has 1 aromatic rings. The molecule has 0 fully saturated rings. The number of hydrogen-bond donors (Lipinski definition) is 2. The number of aliphatic hydroxyl groups excluding tert-OH is 1. The molecule has 1 atom stereocenters. The highest BCUT2D eigenvalue weighted by Crippen LogP contribution is 2.16. The molecule has 0 aliphatic rings. The first kappa shape index (κ1) is 11.1. The van der Waals surface area contributed by atoms with E-state index in [9.17, 15) is 0 Å². The average molecular weight is 211 g/mol. The monoisotopic (exact) mass is 211 g/mol. The van der Waals surface area contributed by atoms with Crippen LogP contribution in [0.2, 0.25) is 0 Å². The highest BCUT2D eigenvalue weighted by Gasteiger charge is 2.12. The molecule has 4 nitrogen and oxygen atoms in total. The first-order chi connectivity index (χ1) is 6.77. The van der Waals surface area contributed by atoms with E-state index >= 15 is 0 Å². The van der Waals surface area contributed by atoms with Crippen molar-refractivity contribution >= 4 is 11.3 Å². The minimum absolute atomic E-state index is 0.141. The van der Waals surface area contributed by atoms with Gasteiger partial charge in [-0.25, -0.2) is 4.98 Å². The van der Waals surface area contributed by atoms with Gasteiger partial charge in [-0.15, -0.1) is 11.3 Å². The third-order valence-electron chi connectivity index (χ3n) is 1.70. The fourth-order valence-electron chi connectivity index (χ4n) is 1.02.